The van der Waals surface area contributed by atoms with E-state index in [0.717, 1.165) is 19.5 Å². The molecule has 2 aliphatic rings. The molecule has 4 heteroatoms. The normalized spacial score (nSPS) is 27.2. The van der Waals surface area contributed by atoms with Crippen molar-refractivity contribution < 1.29 is 9.53 Å². The Bertz CT molecular complexity index is 353. The van der Waals surface area contributed by atoms with Gasteiger partial charge < -0.3 is 9.64 Å². The Labute approximate surface area is 109 Å². The van der Waals surface area contributed by atoms with Crippen molar-refractivity contribution in [1.82, 2.24) is 4.90 Å². The summed E-state index contributed by atoms with van der Waals surface area (Å²) in [5, 5.41) is 9.39. The molecule has 0 aromatic rings. The van der Waals surface area contributed by atoms with Gasteiger partial charge in [0.25, 0.3) is 0 Å². The van der Waals surface area contributed by atoms with Gasteiger partial charge in [-0.2, -0.15) is 5.26 Å². The van der Waals surface area contributed by atoms with Crippen molar-refractivity contribution in [2.45, 2.75) is 33.1 Å². The summed E-state index contributed by atoms with van der Waals surface area (Å²) in [4.78, 5) is 14.5. The molecule has 1 unspecified atom stereocenters. The van der Waals surface area contributed by atoms with Crippen LogP contribution in [0.2, 0.25) is 0 Å². The van der Waals surface area contributed by atoms with Crippen molar-refractivity contribution in [2.75, 3.05) is 26.3 Å². The van der Waals surface area contributed by atoms with Gasteiger partial charge in [-0.15, -0.1) is 0 Å². The monoisotopic (exact) mass is 250 g/mol. The molecule has 0 spiro atoms. The van der Waals surface area contributed by atoms with Crippen LogP contribution in [0.5, 0.6) is 0 Å². The molecule has 0 N–H and O–H groups in total. The molecule has 2 rings (SSSR count). The fraction of sp³-hybridized carbons (Fsp3) is 0.857. The lowest BCUT2D eigenvalue weighted by Crippen LogP contribution is -2.45. The highest BCUT2D eigenvalue weighted by Crippen LogP contribution is 2.34. The van der Waals surface area contributed by atoms with E-state index in [1.165, 1.54) is 0 Å². The lowest BCUT2D eigenvalue weighted by atomic mass is 9.80. The van der Waals surface area contributed by atoms with Crippen molar-refractivity contribution in [1.29, 1.82) is 5.26 Å². The summed E-state index contributed by atoms with van der Waals surface area (Å²) in [6.07, 6.45) is 2.16. The molecule has 1 atom stereocenters. The van der Waals surface area contributed by atoms with Gasteiger partial charge in [-0.3, -0.25) is 4.79 Å². The van der Waals surface area contributed by atoms with Gasteiger partial charge in [0.05, 0.1) is 6.07 Å². The van der Waals surface area contributed by atoms with Gasteiger partial charge in [0.1, 0.15) is 5.41 Å². The van der Waals surface area contributed by atoms with Crippen LogP contribution < -0.4 is 0 Å². The summed E-state index contributed by atoms with van der Waals surface area (Å²) in [5.74, 6) is 1.23. The number of rotatable bonds is 2. The zero-order chi connectivity index (χ0) is 13.2. The first-order chi connectivity index (χ1) is 8.59. The first-order valence-corrected chi connectivity index (χ1v) is 6.87. The molecule has 0 aliphatic carbocycles. The average molecular weight is 250 g/mol. The number of hydrogen-bond donors (Lipinski definition) is 0. The van der Waals surface area contributed by atoms with Crippen molar-refractivity contribution in [3.8, 4) is 6.07 Å². The standard InChI is InChI=1S/C14H22N2O2/c1-11(2)12-3-6-16(9-12)13(17)14(10-15)4-7-18-8-5-14/h11-12H,3-9H2,1-2H3. The summed E-state index contributed by atoms with van der Waals surface area (Å²) >= 11 is 0. The highest BCUT2D eigenvalue weighted by atomic mass is 16.5. The highest BCUT2D eigenvalue weighted by molar-refractivity contribution is 5.85. The number of hydrogen-bond acceptors (Lipinski definition) is 3. The van der Waals surface area contributed by atoms with Crippen LogP contribution in [0.4, 0.5) is 0 Å². The molecule has 18 heavy (non-hydrogen) atoms. The van der Waals surface area contributed by atoms with Crippen LogP contribution in [0.15, 0.2) is 0 Å². The van der Waals surface area contributed by atoms with Crippen LogP contribution in [0, 0.1) is 28.6 Å². The van der Waals surface area contributed by atoms with Crippen molar-refractivity contribution in [2.24, 2.45) is 17.3 Å². The fourth-order valence-electron chi connectivity index (χ4n) is 2.91. The second-order valence-electron chi connectivity index (χ2n) is 5.85. The average Bonchev–Trinajstić information content (AvgIpc) is 2.88. The van der Waals surface area contributed by atoms with E-state index in [9.17, 15) is 10.1 Å². The van der Waals surface area contributed by atoms with E-state index in [2.05, 4.69) is 19.9 Å². The summed E-state index contributed by atoms with van der Waals surface area (Å²) < 4.78 is 5.28. The minimum Gasteiger partial charge on any atom is -0.381 e. The van der Waals surface area contributed by atoms with E-state index in [4.69, 9.17) is 4.74 Å². The maximum atomic E-state index is 12.6. The maximum Gasteiger partial charge on any atom is 0.243 e. The fourth-order valence-corrected chi connectivity index (χ4v) is 2.91. The summed E-state index contributed by atoms with van der Waals surface area (Å²) in [5.41, 5.74) is -0.815. The Balaban J connectivity index is 2.05. The van der Waals surface area contributed by atoms with E-state index in [1.54, 1.807) is 0 Å². The number of carbonyl (C=O) groups is 1. The van der Waals surface area contributed by atoms with Gasteiger partial charge in [-0.05, 0) is 31.1 Å². The number of nitriles is 1. The Morgan fingerprint density at radius 2 is 2.11 bits per heavy atom. The third kappa shape index (κ3) is 2.37. The van der Waals surface area contributed by atoms with Crippen LogP contribution in [-0.2, 0) is 9.53 Å². The van der Waals surface area contributed by atoms with E-state index in [0.29, 0.717) is 37.9 Å². The van der Waals surface area contributed by atoms with E-state index < -0.39 is 5.41 Å². The molecule has 0 saturated carbocycles. The Kier molecular flexibility index (Phi) is 3.91. The quantitative estimate of drug-likeness (QED) is 0.751. The summed E-state index contributed by atoms with van der Waals surface area (Å²) in [6.45, 7) is 7.09. The van der Waals surface area contributed by atoms with Crippen LogP contribution in [0.3, 0.4) is 0 Å². The van der Waals surface area contributed by atoms with E-state index >= 15 is 0 Å². The number of amides is 1. The van der Waals surface area contributed by atoms with E-state index in [-0.39, 0.29) is 5.91 Å². The second-order valence-corrected chi connectivity index (χ2v) is 5.85. The van der Waals surface area contributed by atoms with Crippen LogP contribution in [0.25, 0.3) is 0 Å². The highest BCUT2D eigenvalue weighted by Gasteiger charge is 2.44. The van der Waals surface area contributed by atoms with Gasteiger partial charge >= 0.3 is 0 Å². The third-order valence-corrected chi connectivity index (χ3v) is 4.42. The van der Waals surface area contributed by atoms with Gasteiger partial charge in [0, 0.05) is 26.3 Å². The predicted molar refractivity (Wildman–Crippen MR) is 67.6 cm³/mol. The molecular formula is C14H22N2O2. The molecule has 0 aromatic carbocycles. The zero-order valence-electron chi connectivity index (χ0n) is 11.3. The van der Waals surface area contributed by atoms with Crippen LogP contribution in [0.1, 0.15) is 33.1 Å². The van der Waals surface area contributed by atoms with Gasteiger partial charge in [0.2, 0.25) is 5.91 Å². The Morgan fingerprint density at radius 1 is 1.44 bits per heavy atom. The lowest BCUT2D eigenvalue weighted by molar-refractivity contribution is -0.142. The SMILES string of the molecule is CC(C)C1CCN(C(=O)C2(C#N)CCOCC2)C1. The first kappa shape index (κ1) is 13.4. The zero-order valence-corrected chi connectivity index (χ0v) is 11.3. The van der Waals surface area contributed by atoms with Crippen LogP contribution in [-0.4, -0.2) is 37.1 Å². The lowest BCUT2D eigenvalue weighted by Gasteiger charge is -2.33. The molecular weight excluding hydrogens is 228 g/mol. The summed E-state index contributed by atoms with van der Waals surface area (Å²) in [7, 11) is 0. The minimum atomic E-state index is -0.815. The van der Waals surface area contributed by atoms with Gasteiger partial charge in [0.15, 0.2) is 0 Å². The molecule has 0 aromatic heterocycles. The summed E-state index contributed by atoms with van der Waals surface area (Å²) in [6, 6.07) is 2.27. The molecule has 0 bridgehead atoms. The van der Waals surface area contributed by atoms with E-state index in [1.807, 2.05) is 4.90 Å². The van der Waals surface area contributed by atoms with Crippen molar-refractivity contribution >= 4 is 5.91 Å². The molecule has 2 fully saturated rings. The van der Waals surface area contributed by atoms with Gasteiger partial charge in [-0.1, -0.05) is 13.8 Å². The van der Waals surface area contributed by atoms with Crippen LogP contribution >= 0.6 is 0 Å². The van der Waals surface area contributed by atoms with Crippen molar-refractivity contribution in [3.63, 3.8) is 0 Å². The Hall–Kier alpha value is -1.08. The number of likely N-dealkylation sites (tertiary alicyclic amines) is 1. The van der Waals surface area contributed by atoms with Crippen molar-refractivity contribution in [3.05, 3.63) is 0 Å². The first-order valence-electron chi connectivity index (χ1n) is 6.87. The largest absolute Gasteiger partial charge is 0.381 e. The molecule has 0 radical (unpaired) electrons. The molecule has 2 aliphatic heterocycles. The minimum absolute atomic E-state index is 0.0384. The number of nitrogens with zero attached hydrogens (tertiary/aromatic N) is 2. The molecule has 4 nitrogen and oxygen atoms in total. The molecule has 1 amide bonds. The molecule has 100 valence electrons. The maximum absolute atomic E-state index is 12.6. The number of carbonyl (C=O) groups excluding carboxylic acids is 1. The molecule has 2 saturated heterocycles. The Morgan fingerprint density at radius 3 is 2.61 bits per heavy atom. The smallest absolute Gasteiger partial charge is 0.243 e. The topological polar surface area (TPSA) is 53.3 Å². The van der Waals surface area contributed by atoms with Gasteiger partial charge in [-0.25, -0.2) is 0 Å². The third-order valence-electron chi connectivity index (χ3n) is 4.42. The predicted octanol–water partition coefficient (Wildman–Crippen LogP) is 1.81. The second kappa shape index (κ2) is 5.27. The number of ether oxygens (including phenoxy) is 1. The molecule has 2 heterocycles.